The van der Waals surface area contributed by atoms with Crippen molar-refractivity contribution in [2.24, 2.45) is 0 Å². The lowest BCUT2D eigenvalue weighted by Gasteiger charge is -2.29. The lowest BCUT2D eigenvalue weighted by atomic mass is 9.79. The maximum absolute atomic E-state index is 10.1. The second kappa shape index (κ2) is 8.25. The average molecular weight is 597 g/mol. The van der Waals surface area contributed by atoms with E-state index in [9.17, 15) is 10.5 Å². The van der Waals surface area contributed by atoms with Crippen LogP contribution in [0, 0.1) is 22.7 Å². The smallest absolute Gasteiger partial charge is 0.0998 e. The number of hydrogen-bond acceptors (Lipinski definition) is 2. The van der Waals surface area contributed by atoms with Crippen LogP contribution in [0.5, 0.6) is 0 Å². The number of rotatable bonds is 0. The molecule has 0 radical (unpaired) electrons. The zero-order valence-corrected chi connectivity index (χ0v) is 27.2. The van der Waals surface area contributed by atoms with Crippen LogP contribution in [0.3, 0.4) is 0 Å². The first-order valence-electron chi connectivity index (χ1n) is 15.5. The molecule has 216 valence electrons. The molecule has 9 rings (SSSR count). The number of hydrogen-bond donors (Lipinski definition) is 0. The van der Waals surface area contributed by atoms with Crippen LogP contribution in [0.2, 0.25) is 0 Å². The molecule has 0 amide bonds. The molecule has 0 spiro atoms. The van der Waals surface area contributed by atoms with Crippen LogP contribution in [-0.4, -0.2) is 12.5 Å². The van der Waals surface area contributed by atoms with Crippen molar-refractivity contribution in [1.29, 1.82) is 10.5 Å². The van der Waals surface area contributed by atoms with Crippen LogP contribution < -0.4 is 0 Å². The minimum absolute atomic E-state index is 0.226. The van der Waals surface area contributed by atoms with Crippen molar-refractivity contribution in [3.8, 4) is 45.5 Å². The fraction of sp³-hybridized carbons (Fsp3) is 0.190. The Morgan fingerprint density at radius 1 is 0.489 bits per heavy atom. The van der Waals surface area contributed by atoms with Crippen molar-refractivity contribution in [2.45, 2.75) is 48.3 Å². The summed E-state index contributed by atoms with van der Waals surface area (Å²) in [6.45, 7) is 9.25. The molecule has 3 heteroatoms. The Morgan fingerprint density at radius 3 is 1.24 bits per heavy atom. The van der Waals surface area contributed by atoms with E-state index in [1.54, 1.807) is 0 Å². The molecule has 0 aromatic heterocycles. The molecule has 0 fully saturated rings. The summed E-state index contributed by atoms with van der Waals surface area (Å²) in [5.41, 5.74) is 14.1. The van der Waals surface area contributed by atoms with Gasteiger partial charge in [-0.2, -0.15) is 20.6 Å². The summed E-state index contributed by atoms with van der Waals surface area (Å²) in [4.78, 5) is 2.89. The Morgan fingerprint density at radius 2 is 0.867 bits per heavy atom. The van der Waals surface area contributed by atoms with Crippen LogP contribution >= 0.6 is 10.0 Å². The Bertz CT molecular complexity index is 2310. The first kappa shape index (κ1) is 26.6. The van der Waals surface area contributed by atoms with Crippen molar-refractivity contribution >= 4 is 31.6 Å². The van der Waals surface area contributed by atoms with Crippen LogP contribution in [0.25, 0.3) is 54.9 Å². The Hall–Kier alpha value is -4.83. The fourth-order valence-electron chi connectivity index (χ4n) is 8.78. The highest BCUT2D eigenvalue weighted by molar-refractivity contribution is 8.33. The third kappa shape index (κ3) is 3.05. The highest BCUT2D eigenvalue weighted by Crippen LogP contribution is 2.71. The molecule has 0 saturated heterocycles. The number of nitrogens with zero attached hydrogens (tertiary/aromatic N) is 2. The minimum Gasteiger partial charge on any atom is -0.192 e. The second-order valence-corrected chi connectivity index (χ2v) is 17.9. The standard InChI is InChI=1S/C42H32N2S/c1-41(2)33-17-29-30-18-34-32(40-28-14-10-8-12-26(28)24(22-44)16-36(40)42(34,3)4)20-38(30)45(5,6)37(29)19-31(33)39-27-13-9-7-11-25(27)23(21-43)15-35(39)41/h7-20H,1-6H3. The highest BCUT2D eigenvalue weighted by Gasteiger charge is 2.44. The molecular formula is C42H32N2S. The summed E-state index contributed by atoms with van der Waals surface area (Å²) in [7, 11) is -1.32. The van der Waals surface area contributed by atoms with Crippen molar-refractivity contribution in [1.82, 2.24) is 0 Å². The summed E-state index contributed by atoms with van der Waals surface area (Å²) in [6.07, 6.45) is 4.90. The van der Waals surface area contributed by atoms with Crippen LogP contribution in [0.4, 0.5) is 0 Å². The maximum atomic E-state index is 10.1. The summed E-state index contributed by atoms with van der Waals surface area (Å²) in [6, 6.07) is 36.0. The van der Waals surface area contributed by atoms with E-state index in [2.05, 4.69) is 125 Å². The topological polar surface area (TPSA) is 47.6 Å². The predicted octanol–water partition coefficient (Wildman–Crippen LogP) is 10.8. The molecule has 2 nitrogen and oxygen atoms in total. The molecule has 1 aliphatic heterocycles. The summed E-state index contributed by atoms with van der Waals surface area (Å²) >= 11 is 0. The van der Waals surface area contributed by atoms with Gasteiger partial charge in [-0.1, -0.05) is 76.2 Å². The summed E-state index contributed by atoms with van der Waals surface area (Å²) in [5, 5.41) is 24.6. The average Bonchev–Trinajstić information content (AvgIpc) is 3.51. The number of fused-ring (bicyclic) bond motifs is 13. The normalized spacial score (nSPS) is 17.4. The fourth-order valence-corrected chi connectivity index (χ4v) is 11.3. The van der Waals surface area contributed by atoms with Gasteiger partial charge in [0.05, 0.1) is 23.3 Å². The van der Waals surface area contributed by atoms with Gasteiger partial charge in [-0.25, -0.2) is 0 Å². The van der Waals surface area contributed by atoms with Gasteiger partial charge in [0.15, 0.2) is 0 Å². The van der Waals surface area contributed by atoms with Crippen molar-refractivity contribution in [3.63, 3.8) is 0 Å². The third-order valence-electron chi connectivity index (χ3n) is 11.2. The zero-order chi connectivity index (χ0) is 31.2. The monoisotopic (exact) mass is 596 g/mol. The predicted molar refractivity (Wildman–Crippen MR) is 187 cm³/mol. The van der Waals surface area contributed by atoms with Gasteiger partial charge in [0.2, 0.25) is 0 Å². The summed E-state index contributed by atoms with van der Waals surface area (Å²) < 4.78 is 0. The van der Waals surface area contributed by atoms with Gasteiger partial charge in [-0.05, 0) is 115 Å². The van der Waals surface area contributed by atoms with E-state index in [1.807, 2.05) is 12.1 Å². The molecule has 0 unspecified atom stereocenters. The molecule has 0 saturated carbocycles. The molecule has 6 aromatic carbocycles. The quantitative estimate of drug-likeness (QED) is 0.175. The largest absolute Gasteiger partial charge is 0.192 e. The number of nitriles is 2. The molecule has 3 aliphatic rings. The van der Waals surface area contributed by atoms with Gasteiger partial charge in [0.25, 0.3) is 0 Å². The molecule has 1 heterocycles. The van der Waals surface area contributed by atoms with Crippen molar-refractivity contribution in [3.05, 3.63) is 118 Å². The molecule has 0 bridgehead atoms. The Labute approximate surface area is 265 Å². The molecule has 2 aliphatic carbocycles. The first-order chi connectivity index (χ1) is 21.5. The van der Waals surface area contributed by atoms with E-state index >= 15 is 0 Å². The third-order valence-corrected chi connectivity index (χ3v) is 14.1. The van der Waals surface area contributed by atoms with Gasteiger partial charge in [0.1, 0.15) is 0 Å². The highest BCUT2D eigenvalue weighted by atomic mass is 32.3. The van der Waals surface area contributed by atoms with Crippen LogP contribution in [-0.2, 0) is 10.8 Å². The van der Waals surface area contributed by atoms with Gasteiger partial charge >= 0.3 is 0 Å². The molecule has 45 heavy (non-hydrogen) atoms. The van der Waals surface area contributed by atoms with E-state index in [0.717, 1.165) is 21.9 Å². The summed E-state index contributed by atoms with van der Waals surface area (Å²) in [5.74, 6) is 0. The van der Waals surface area contributed by atoms with Crippen LogP contribution in [0.15, 0.2) is 94.7 Å². The lowest BCUT2D eigenvalue weighted by molar-refractivity contribution is 0.659. The van der Waals surface area contributed by atoms with Gasteiger partial charge in [-0.3, -0.25) is 0 Å². The van der Waals surface area contributed by atoms with E-state index in [-0.39, 0.29) is 10.8 Å². The minimum atomic E-state index is -1.32. The van der Waals surface area contributed by atoms with Gasteiger partial charge < -0.3 is 0 Å². The maximum Gasteiger partial charge on any atom is 0.0998 e. The second-order valence-electron chi connectivity index (χ2n) is 14.4. The van der Waals surface area contributed by atoms with E-state index in [4.69, 9.17) is 0 Å². The first-order valence-corrected chi connectivity index (χ1v) is 18.0. The van der Waals surface area contributed by atoms with E-state index in [1.165, 1.54) is 76.2 Å². The van der Waals surface area contributed by atoms with E-state index in [0.29, 0.717) is 0 Å². The van der Waals surface area contributed by atoms with Gasteiger partial charge in [-0.15, -0.1) is 0 Å². The number of benzene rings is 6. The Kier molecular flexibility index (Phi) is 4.87. The Balaban J connectivity index is 1.32. The van der Waals surface area contributed by atoms with Crippen molar-refractivity contribution < 1.29 is 0 Å². The van der Waals surface area contributed by atoms with Crippen LogP contribution in [0.1, 0.15) is 61.1 Å². The molecule has 6 aromatic rings. The van der Waals surface area contributed by atoms with E-state index < -0.39 is 10.0 Å². The molecule has 0 atom stereocenters. The molecule has 0 N–H and O–H groups in total. The lowest BCUT2D eigenvalue weighted by Crippen LogP contribution is -2.16. The zero-order valence-electron chi connectivity index (χ0n) is 26.4. The van der Waals surface area contributed by atoms with Gasteiger partial charge in [0, 0.05) is 31.4 Å². The molecular weight excluding hydrogens is 565 g/mol. The van der Waals surface area contributed by atoms with Crippen molar-refractivity contribution in [2.75, 3.05) is 12.5 Å². The SMILES string of the molecule is CC1(C)c2cc3c(cc2-c2c1cc(C#N)c1ccccc21)S(C)(C)c1cc2c(cc1-3)C(C)(C)c1cc(C#N)c3ccccc3c1-2.